The van der Waals surface area contributed by atoms with E-state index in [0.717, 1.165) is 31.2 Å². The van der Waals surface area contributed by atoms with Crippen LogP contribution in [-0.4, -0.2) is 31.0 Å². The fourth-order valence-corrected chi connectivity index (χ4v) is 5.16. The topological polar surface area (TPSA) is 110 Å². The average Bonchev–Trinajstić information content (AvgIpc) is 3.35. The highest BCUT2D eigenvalue weighted by Crippen LogP contribution is 2.20. The van der Waals surface area contributed by atoms with Crippen LogP contribution < -0.4 is 15.8 Å². The van der Waals surface area contributed by atoms with Gasteiger partial charge in [0.15, 0.2) is 5.58 Å². The van der Waals surface area contributed by atoms with Gasteiger partial charge in [-0.05, 0) is 37.0 Å². The van der Waals surface area contributed by atoms with Crippen LogP contribution in [0.2, 0.25) is 0 Å². The Bertz CT molecular complexity index is 1240. The van der Waals surface area contributed by atoms with E-state index in [4.69, 9.17) is 4.42 Å². The van der Waals surface area contributed by atoms with Gasteiger partial charge in [-0.2, -0.15) is 4.72 Å². The smallest absolute Gasteiger partial charge is 0.408 e. The third kappa shape index (κ3) is 4.72. The minimum atomic E-state index is -4.04. The van der Waals surface area contributed by atoms with Crippen molar-refractivity contribution in [1.29, 1.82) is 0 Å². The molecule has 1 atom stereocenters. The zero-order valence-corrected chi connectivity index (χ0v) is 18.0. The van der Waals surface area contributed by atoms with Crippen LogP contribution in [0.4, 0.5) is 0 Å². The number of benzene rings is 2. The Labute approximate surface area is 180 Å². The fraction of sp³-hybridized carbons (Fsp3) is 0.364. The summed E-state index contributed by atoms with van der Waals surface area (Å²) in [5.41, 5.74) is 1.51. The Morgan fingerprint density at radius 1 is 1.16 bits per heavy atom. The van der Waals surface area contributed by atoms with Crippen molar-refractivity contribution in [3.63, 3.8) is 0 Å². The number of aromatic nitrogens is 1. The van der Waals surface area contributed by atoms with E-state index in [1.54, 1.807) is 7.05 Å². The first kappa shape index (κ1) is 21.3. The molecule has 1 heterocycles. The molecule has 1 aliphatic carbocycles. The lowest BCUT2D eigenvalue weighted by molar-refractivity contribution is -0.123. The van der Waals surface area contributed by atoms with Crippen molar-refractivity contribution in [3.05, 3.63) is 64.6 Å². The predicted molar refractivity (Wildman–Crippen MR) is 116 cm³/mol. The number of oxazole rings is 1. The number of hydrogen-bond donors (Lipinski definition) is 2. The largest absolute Gasteiger partial charge is 0.419 e. The molecule has 0 bridgehead atoms. The Kier molecular flexibility index (Phi) is 5.97. The molecule has 1 saturated carbocycles. The second-order valence-electron chi connectivity index (χ2n) is 7.91. The van der Waals surface area contributed by atoms with E-state index in [1.165, 1.54) is 22.8 Å². The first-order valence-electron chi connectivity index (χ1n) is 10.3. The maximum absolute atomic E-state index is 13.1. The predicted octanol–water partition coefficient (Wildman–Crippen LogP) is 2.08. The van der Waals surface area contributed by atoms with Gasteiger partial charge in [0, 0.05) is 19.2 Å². The van der Waals surface area contributed by atoms with E-state index in [9.17, 15) is 18.0 Å². The number of carbonyl (C=O) groups is 1. The van der Waals surface area contributed by atoms with Crippen LogP contribution in [0.5, 0.6) is 0 Å². The standard InChI is InChI=1S/C22H25N3O5S/c1-25-19-12-11-17(14-20(19)30-22(25)27)31(28,29)24-18(13-15-7-3-2-4-8-15)21(26)23-16-9-5-6-10-16/h2-4,7-8,11-12,14,16,18,24H,5-6,9-10,13H2,1H3,(H,23,26). The summed E-state index contributed by atoms with van der Waals surface area (Å²) in [6, 6.07) is 12.6. The maximum atomic E-state index is 13.1. The fourth-order valence-electron chi connectivity index (χ4n) is 3.95. The number of sulfonamides is 1. The number of aryl methyl sites for hydroxylation is 1. The van der Waals surface area contributed by atoms with Gasteiger partial charge >= 0.3 is 5.76 Å². The van der Waals surface area contributed by atoms with E-state index in [0.29, 0.717) is 5.52 Å². The van der Waals surface area contributed by atoms with E-state index in [2.05, 4.69) is 10.0 Å². The molecule has 0 radical (unpaired) electrons. The van der Waals surface area contributed by atoms with Gasteiger partial charge < -0.3 is 9.73 Å². The van der Waals surface area contributed by atoms with Gasteiger partial charge in [0.25, 0.3) is 0 Å². The van der Waals surface area contributed by atoms with Gasteiger partial charge in [-0.1, -0.05) is 43.2 Å². The van der Waals surface area contributed by atoms with Gasteiger partial charge in [0.1, 0.15) is 6.04 Å². The average molecular weight is 444 g/mol. The van der Waals surface area contributed by atoms with Gasteiger partial charge in [-0.3, -0.25) is 9.36 Å². The van der Waals surface area contributed by atoms with Gasteiger partial charge in [-0.15, -0.1) is 0 Å². The molecule has 0 aliphatic heterocycles. The molecule has 1 amide bonds. The third-order valence-corrected chi connectivity index (χ3v) is 7.14. The van der Waals surface area contributed by atoms with Crippen LogP contribution in [0, 0.1) is 0 Å². The van der Waals surface area contributed by atoms with Crippen molar-refractivity contribution in [3.8, 4) is 0 Å². The lowest BCUT2D eigenvalue weighted by Crippen LogP contribution is -2.50. The highest BCUT2D eigenvalue weighted by molar-refractivity contribution is 7.89. The quantitative estimate of drug-likeness (QED) is 0.581. The summed E-state index contributed by atoms with van der Waals surface area (Å²) in [5, 5.41) is 2.98. The molecule has 8 nitrogen and oxygen atoms in total. The first-order chi connectivity index (χ1) is 14.8. The first-order valence-corrected chi connectivity index (χ1v) is 11.8. The van der Waals surface area contributed by atoms with Crippen LogP contribution in [0.3, 0.4) is 0 Å². The number of fused-ring (bicyclic) bond motifs is 1. The molecule has 2 aromatic carbocycles. The third-order valence-electron chi connectivity index (χ3n) is 5.67. The van der Waals surface area contributed by atoms with Crippen LogP contribution in [-0.2, 0) is 28.3 Å². The highest BCUT2D eigenvalue weighted by atomic mass is 32.2. The van der Waals surface area contributed by atoms with Crippen molar-refractivity contribution in [2.75, 3.05) is 0 Å². The lowest BCUT2D eigenvalue weighted by atomic mass is 10.1. The zero-order valence-electron chi connectivity index (χ0n) is 17.2. The van der Waals surface area contributed by atoms with E-state index in [1.807, 2.05) is 30.3 Å². The molecule has 4 rings (SSSR count). The van der Waals surface area contributed by atoms with Crippen LogP contribution in [0.15, 0.2) is 62.6 Å². The highest BCUT2D eigenvalue weighted by Gasteiger charge is 2.29. The van der Waals surface area contributed by atoms with Gasteiger partial charge in [-0.25, -0.2) is 13.2 Å². The molecule has 31 heavy (non-hydrogen) atoms. The Morgan fingerprint density at radius 2 is 1.87 bits per heavy atom. The monoisotopic (exact) mass is 443 g/mol. The minimum Gasteiger partial charge on any atom is -0.408 e. The Hall–Kier alpha value is -2.91. The molecule has 1 fully saturated rings. The second-order valence-corrected chi connectivity index (χ2v) is 9.62. The number of rotatable bonds is 7. The summed E-state index contributed by atoms with van der Waals surface area (Å²) in [6.45, 7) is 0. The van der Waals surface area contributed by atoms with Crippen LogP contribution >= 0.6 is 0 Å². The number of amides is 1. The molecular formula is C22H25N3O5S. The van der Waals surface area contributed by atoms with E-state index in [-0.39, 0.29) is 28.8 Å². The summed E-state index contributed by atoms with van der Waals surface area (Å²) >= 11 is 0. The number of nitrogens with one attached hydrogen (secondary N) is 2. The SMILES string of the molecule is Cn1c(=O)oc2cc(S(=O)(=O)NC(Cc3ccccc3)C(=O)NC3CCCC3)ccc21. The molecule has 9 heteroatoms. The Morgan fingerprint density at radius 3 is 2.58 bits per heavy atom. The number of hydrogen-bond acceptors (Lipinski definition) is 5. The zero-order chi connectivity index (χ0) is 22.0. The molecule has 3 aromatic rings. The molecule has 0 saturated heterocycles. The van der Waals surface area contributed by atoms with Gasteiger partial charge in [0.05, 0.1) is 10.4 Å². The number of nitrogens with zero attached hydrogens (tertiary/aromatic N) is 1. The summed E-state index contributed by atoms with van der Waals surface area (Å²) < 4.78 is 35.1. The maximum Gasteiger partial charge on any atom is 0.419 e. The van der Waals surface area contributed by atoms with Crippen molar-refractivity contribution in [2.24, 2.45) is 7.05 Å². The van der Waals surface area contributed by atoms with Crippen molar-refractivity contribution < 1.29 is 17.6 Å². The molecule has 1 unspecified atom stereocenters. The van der Waals surface area contributed by atoms with Crippen molar-refractivity contribution in [1.82, 2.24) is 14.6 Å². The molecule has 0 spiro atoms. The van der Waals surface area contributed by atoms with E-state index < -0.39 is 21.8 Å². The molecule has 1 aromatic heterocycles. The second kappa shape index (κ2) is 8.68. The van der Waals surface area contributed by atoms with Gasteiger partial charge in [0.2, 0.25) is 15.9 Å². The van der Waals surface area contributed by atoms with Crippen LogP contribution in [0.1, 0.15) is 31.2 Å². The van der Waals surface area contributed by atoms with Crippen molar-refractivity contribution >= 4 is 27.0 Å². The minimum absolute atomic E-state index is 0.0684. The normalized spacial score (nSPS) is 15.9. The Balaban J connectivity index is 1.60. The summed E-state index contributed by atoms with van der Waals surface area (Å²) in [4.78, 5) is 24.6. The lowest BCUT2D eigenvalue weighted by Gasteiger charge is -2.21. The van der Waals surface area contributed by atoms with E-state index >= 15 is 0 Å². The summed E-state index contributed by atoms with van der Waals surface area (Å²) in [6.07, 6.45) is 4.15. The molecule has 2 N–H and O–H groups in total. The molecule has 1 aliphatic rings. The molecular weight excluding hydrogens is 418 g/mol. The van der Waals surface area contributed by atoms with Crippen molar-refractivity contribution in [2.45, 2.75) is 49.1 Å². The van der Waals surface area contributed by atoms with Crippen LogP contribution in [0.25, 0.3) is 11.1 Å². The molecule has 164 valence electrons. The summed E-state index contributed by atoms with van der Waals surface area (Å²) in [5.74, 6) is -0.915. The number of carbonyl (C=O) groups excluding carboxylic acids is 1. The summed E-state index contributed by atoms with van der Waals surface area (Å²) in [7, 11) is -2.49.